The SMILES string of the molecule is C[C@H](CN(CCCCC(O)C(=O)O)C[C@@H](C)O[Si](C)(C)C(C)(C)C)O[Si](C)(C)C(C)(C)C. The number of hydrogen-bond donors (Lipinski definition) is 2. The van der Waals surface area contributed by atoms with Crippen molar-refractivity contribution in [3.63, 3.8) is 0 Å². The van der Waals surface area contributed by atoms with Crippen molar-refractivity contribution < 1.29 is 23.9 Å². The van der Waals surface area contributed by atoms with Crippen molar-refractivity contribution in [2.45, 2.75) is 129 Å². The molecule has 0 spiro atoms. The summed E-state index contributed by atoms with van der Waals surface area (Å²) in [6, 6.07) is 0. The van der Waals surface area contributed by atoms with Gasteiger partial charge in [0.05, 0.1) is 12.2 Å². The maximum absolute atomic E-state index is 10.9. The molecule has 0 aliphatic heterocycles. The van der Waals surface area contributed by atoms with E-state index in [2.05, 4.69) is 86.5 Å². The smallest absolute Gasteiger partial charge is 0.332 e. The van der Waals surface area contributed by atoms with Gasteiger partial charge < -0.3 is 19.1 Å². The standard InChI is InChI=1S/C24H53NO5Si2/c1-19(29-31(9,10)23(3,4)5)17-25(16-14-13-15-21(26)22(27)28)18-20(2)30-32(11,12)24(6,7)8/h19-21,26H,13-18H2,1-12H3,(H,27,28)/t19-,20-,21?/m1/s1. The Hall–Kier alpha value is -0.256. The fourth-order valence-corrected chi connectivity index (χ4v) is 6.08. The predicted octanol–water partition coefficient (Wildman–Crippen LogP) is 5.72. The zero-order valence-corrected chi connectivity index (χ0v) is 25.0. The molecule has 0 heterocycles. The average molecular weight is 492 g/mol. The first-order valence-corrected chi connectivity index (χ1v) is 18.0. The molecule has 0 aromatic rings. The van der Waals surface area contributed by atoms with Gasteiger partial charge >= 0.3 is 5.97 Å². The third kappa shape index (κ3) is 11.2. The molecule has 0 bridgehead atoms. The summed E-state index contributed by atoms with van der Waals surface area (Å²) < 4.78 is 13.2. The first-order chi connectivity index (χ1) is 14.2. The van der Waals surface area contributed by atoms with E-state index in [1.807, 2.05) is 0 Å². The summed E-state index contributed by atoms with van der Waals surface area (Å²) in [5.41, 5.74) is 0. The summed E-state index contributed by atoms with van der Waals surface area (Å²) in [7, 11) is -3.71. The van der Waals surface area contributed by atoms with Crippen molar-refractivity contribution >= 4 is 22.6 Å². The van der Waals surface area contributed by atoms with Crippen LogP contribution in [0.25, 0.3) is 0 Å². The normalized spacial score (nSPS) is 16.8. The number of rotatable bonds is 14. The molecule has 0 rings (SSSR count). The Morgan fingerprint density at radius 3 is 1.53 bits per heavy atom. The Balaban J connectivity index is 5.12. The molecule has 0 aliphatic carbocycles. The van der Waals surface area contributed by atoms with E-state index < -0.39 is 28.7 Å². The monoisotopic (exact) mass is 491 g/mol. The Morgan fingerprint density at radius 2 is 1.22 bits per heavy atom. The van der Waals surface area contributed by atoms with Crippen molar-refractivity contribution in [3.8, 4) is 0 Å². The molecule has 0 radical (unpaired) electrons. The van der Waals surface area contributed by atoms with Gasteiger partial charge in [0.25, 0.3) is 0 Å². The lowest BCUT2D eigenvalue weighted by Crippen LogP contribution is -2.49. The van der Waals surface area contributed by atoms with Crippen LogP contribution >= 0.6 is 0 Å². The highest BCUT2D eigenvalue weighted by atomic mass is 28.4. The molecule has 0 aromatic heterocycles. The lowest BCUT2D eigenvalue weighted by Gasteiger charge is -2.41. The zero-order chi connectivity index (χ0) is 25.5. The molecule has 2 N–H and O–H groups in total. The number of carboxylic acid groups (broad SMARTS) is 1. The molecular weight excluding hydrogens is 438 g/mol. The van der Waals surface area contributed by atoms with E-state index in [1.165, 1.54) is 0 Å². The Morgan fingerprint density at radius 1 is 0.844 bits per heavy atom. The molecule has 8 heteroatoms. The number of carboxylic acids is 1. The third-order valence-electron chi connectivity index (χ3n) is 7.12. The van der Waals surface area contributed by atoms with Crippen molar-refractivity contribution in [3.05, 3.63) is 0 Å². The van der Waals surface area contributed by atoms with Crippen LogP contribution in [0.1, 0.15) is 74.7 Å². The molecule has 0 saturated heterocycles. The molecule has 0 fully saturated rings. The largest absolute Gasteiger partial charge is 0.479 e. The molecule has 0 amide bonds. The molecule has 1 unspecified atom stereocenters. The second-order valence-corrected chi connectivity index (χ2v) is 22.0. The van der Waals surface area contributed by atoms with Gasteiger partial charge in [0.2, 0.25) is 0 Å². The second-order valence-electron chi connectivity index (χ2n) is 12.5. The van der Waals surface area contributed by atoms with Gasteiger partial charge in [-0.15, -0.1) is 0 Å². The van der Waals surface area contributed by atoms with E-state index >= 15 is 0 Å². The molecule has 3 atom stereocenters. The van der Waals surface area contributed by atoms with Crippen LogP contribution in [-0.4, -0.2) is 75.7 Å². The number of hydrogen-bond acceptors (Lipinski definition) is 5. The Bertz CT molecular complexity index is 534. The zero-order valence-electron chi connectivity index (χ0n) is 23.0. The highest BCUT2D eigenvalue weighted by molar-refractivity contribution is 6.74. The molecule has 0 saturated carbocycles. The summed E-state index contributed by atoms with van der Waals surface area (Å²) in [6.07, 6.45) is 0.754. The summed E-state index contributed by atoms with van der Waals surface area (Å²) in [4.78, 5) is 13.3. The average Bonchev–Trinajstić information content (AvgIpc) is 2.54. The van der Waals surface area contributed by atoms with Gasteiger partial charge in [0.15, 0.2) is 22.7 Å². The van der Waals surface area contributed by atoms with Crippen molar-refractivity contribution in [2.75, 3.05) is 19.6 Å². The van der Waals surface area contributed by atoms with E-state index in [9.17, 15) is 9.90 Å². The minimum absolute atomic E-state index is 0.112. The third-order valence-corrected chi connectivity index (χ3v) is 16.3. The molecule has 192 valence electrons. The lowest BCUT2D eigenvalue weighted by atomic mass is 10.1. The number of aliphatic hydroxyl groups excluding tert-OH is 1. The second kappa shape index (κ2) is 12.4. The first-order valence-electron chi connectivity index (χ1n) is 12.2. The van der Waals surface area contributed by atoms with Gasteiger partial charge in [-0.3, -0.25) is 4.90 Å². The van der Waals surface area contributed by atoms with Gasteiger partial charge in [-0.05, 0) is 75.9 Å². The quantitative estimate of drug-likeness (QED) is 0.239. The van der Waals surface area contributed by atoms with E-state index in [4.69, 9.17) is 14.0 Å². The molecule has 0 aliphatic rings. The maximum atomic E-state index is 10.9. The number of unbranched alkanes of at least 4 members (excludes halogenated alkanes) is 1. The molecule has 0 aromatic carbocycles. The van der Waals surface area contributed by atoms with E-state index in [1.54, 1.807) is 0 Å². The van der Waals surface area contributed by atoms with Crippen LogP contribution in [0.3, 0.4) is 0 Å². The van der Waals surface area contributed by atoms with Crippen LogP contribution in [0.4, 0.5) is 0 Å². The summed E-state index contributed by atoms with van der Waals surface area (Å²) >= 11 is 0. The summed E-state index contributed by atoms with van der Waals surface area (Å²) in [5, 5.41) is 18.8. The highest BCUT2D eigenvalue weighted by Crippen LogP contribution is 2.38. The van der Waals surface area contributed by atoms with Crippen LogP contribution in [0.2, 0.25) is 36.3 Å². The number of carbonyl (C=O) groups is 1. The fourth-order valence-electron chi connectivity index (χ4n) is 3.21. The van der Waals surface area contributed by atoms with Crippen molar-refractivity contribution in [1.82, 2.24) is 4.90 Å². The fraction of sp³-hybridized carbons (Fsp3) is 0.958. The van der Waals surface area contributed by atoms with Crippen LogP contribution in [-0.2, 0) is 13.6 Å². The predicted molar refractivity (Wildman–Crippen MR) is 139 cm³/mol. The maximum Gasteiger partial charge on any atom is 0.332 e. The van der Waals surface area contributed by atoms with E-state index in [-0.39, 0.29) is 28.7 Å². The minimum atomic E-state index is -1.85. The minimum Gasteiger partial charge on any atom is -0.479 e. The van der Waals surface area contributed by atoms with Crippen LogP contribution < -0.4 is 0 Å². The van der Waals surface area contributed by atoms with Crippen molar-refractivity contribution in [2.24, 2.45) is 0 Å². The number of aliphatic hydroxyl groups is 1. The van der Waals surface area contributed by atoms with Crippen molar-refractivity contribution in [1.29, 1.82) is 0 Å². The molecular formula is C24H53NO5Si2. The van der Waals surface area contributed by atoms with Gasteiger partial charge in [-0.25, -0.2) is 4.79 Å². The van der Waals surface area contributed by atoms with Gasteiger partial charge in [-0.2, -0.15) is 0 Å². The number of aliphatic carboxylic acids is 1. The van der Waals surface area contributed by atoms with Crippen LogP contribution in [0, 0.1) is 0 Å². The van der Waals surface area contributed by atoms with Gasteiger partial charge in [-0.1, -0.05) is 41.5 Å². The molecule has 32 heavy (non-hydrogen) atoms. The van der Waals surface area contributed by atoms with Crippen LogP contribution in [0.5, 0.6) is 0 Å². The summed E-state index contributed by atoms with van der Waals surface area (Å²) in [6.45, 7) is 29.4. The van der Waals surface area contributed by atoms with Crippen LogP contribution in [0.15, 0.2) is 0 Å². The Labute approximate surface area is 200 Å². The Kier molecular flexibility index (Phi) is 12.3. The van der Waals surface area contributed by atoms with Gasteiger partial charge in [0, 0.05) is 13.1 Å². The first kappa shape index (κ1) is 31.7. The van der Waals surface area contributed by atoms with Gasteiger partial charge in [0.1, 0.15) is 0 Å². The topological polar surface area (TPSA) is 79.2 Å². The summed E-state index contributed by atoms with van der Waals surface area (Å²) in [5.74, 6) is -1.14. The highest BCUT2D eigenvalue weighted by Gasteiger charge is 2.40. The van der Waals surface area contributed by atoms with E-state index in [0.29, 0.717) is 6.42 Å². The van der Waals surface area contributed by atoms with E-state index in [0.717, 1.165) is 26.1 Å². The lowest BCUT2D eigenvalue weighted by molar-refractivity contribution is -0.146. The number of nitrogens with zero attached hydrogens (tertiary/aromatic N) is 1. The molecule has 6 nitrogen and oxygen atoms in total.